The van der Waals surface area contributed by atoms with Crippen LogP contribution in [0.15, 0.2) is 77.7 Å². The Morgan fingerprint density at radius 2 is 1.59 bits per heavy atom. The molecule has 0 fully saturated rings. The molecule has 0 saturated carbocycles. The number of carbonyl (C=O) groups is 1. The molecule has 0 aliphatic rings. The molecule has 0 aliphatic carbocycles. The largest absolute Gasteiger partial charge is 0.422 e. The number of para-hydroxylation sites is 1. The van der Waals surface area contributed by atoms with Gasteiger partial charge in [-0.15, -0.1) is 0 Å². The van der Waals surface area contributed by atoms with Crippen LogP contribution in [0, 0.1) is 18.3 Å². The number of sulfonamides is 1. The third kappa shape index (κ3) is 4.28. The lowest BCUT2D eigenvalue weighted by molar-refractivity contribution is 0.0734. The number of ether oxygens (including phenoxy) is 1. The summed E-state index contributed by atoms with van der Waals surface area (Å²) in [6.07, 6.45) is 0. The maximum Gasteiger partial charge on any atom is 0.343 e. The minimum absolute atomic E-state index is 0.170. The Kier molecular flexibility index (Phi) is 5.66. The van der Waals surface area contributed by atoms with Crippen LogP contribution in [-0.2, 0) is 10.0 Å². The lowest BCUT2D eigenvalue weighted by Crippen LogP contribution is -2.26. The molecule has 0 radical (unpaired) electrons. The van der Waals surface area contributed by atoms with Crippen molar-refractivity contribution in [3.8, 4) is 11.8 Å². The van der Waals surface area contributed by atoms with Crippen LogP contribution in [0.5, 0.6) is 5.75 Å². The van der Waals surface area contributed by atoms with E-state index < -0.39 is 16.0 Å². The summed E-state index contributed by atoms with van der Waals surface area (Å²) in [5.41, 5.74) is 1.86. The summed E-state index contributed by atoms with van der Waals surface area (Å²) in [4.78, 5) is 12.5. The SMILES string of the molecule is Cc1ccc(S(=O)(=O)N(C)c2ccc(C(=O)Oc3ccccc3C#N)cc2)cc1. The van der Waals surface area contributed by atoms with E-state index in [0.717, 1.165) is 9.87 Å². The third-order valence-corrected chi connectivity index (χ3v) is 6.16. The average molecular weight is 406 g/mol. The van der Waals surface area contributed by atoms with E-state index in [2.05, 4.69) is 0 Å². The topological polar surface area (TPSA) is 87.5 Å². The van der Waals surface area contributed by atoms with Crippen molar-refractivity contribution in [3.05, 3.63) is 89.5 Å². The summed E-state index contributed by atoms with van der Waals surface area (Å²) >= 11 is 0. The zero-order valence-electron chi connectivity index (χ0n) is 15.9. The molecule has 0 bridgehead atoms. The summed E-state index contributed by atoms with van der Waals surface area (Å²) in [6, 6.07) is 21.0. The monoisotopic (exact) mass is 406 g/mol. The normalized spacial score (nSPS) is 10.8. The van der Waals surface area contributed by atoms with E-state index in [0.29, 0.717) is 5.69 Å². The summed E-state index contributed by atoms with van der Waals surface area (Å²) in [5, 5.41) is 9.08. The van der Waals surface area contributed by atoms with Crippen LogP contribution >= 0.6 is 0 Å². The van der Waals surface area contributed by atoms with Crippen molar-refractivity contribution in [3.63, 3.8) is 0 Å². The maximum absolute atomic E-state index is 12.8. The van der Waals surface area contributed by atoms with E-state index in [4.69, 9.17) is 10.00 Å². The molecular formula is C22H18N2O4S. The summed E-state index contributed by atoms with van der Waals surface area (Å²) < 4.78 is 32.0. The molecule has 7 heteroatoms. The number of hydrogen-bond acceptors (Lipinski definition) is 5. The molecular weight excluding hydrogens is 388 g/mol. The van der Waals surface area contributed by atoms with Crippen LogP contribution in [0.25, 0.3) is 0 Å². The van der Waals surface area contributed by atoms with E-state index in [-0.39, 0.29) is 21.8 Å². The van der Waals surface area contributed by atoms with Crippen LogP contribution < -0.4 is 9.04 Å². The molecule has 0 saturated heterocycles. The molecule has 0 N–H and O–H groups in total. The van der Waals surface area contributed by atoms with Crippen molar-refractivity contribution >= 4 is 21.7 Å². The molecule has 0 atom stereocenters. The average Bonchev–Trinajstić information content (AvgIpc) is 2.74. The van der Waals surface area contributed by atoms with Gasteiger partial charge in [0.05, 0.1) is 21.7 Å². The highest BCUT2D eigenvalue weighted by Crippen LogP contribution is 2.24. The first-order valence-electron chi connectivity index (χ1n) is 8.70. The lowest BCUT2D eigenvalue weighted by atomic mass is 10.2. The van der Waals surface area contributed by atoms with Gasteiger partial charge in [-0.1, -0.05) is 29.8 Å². The van der Waals surface area contributed by atoms with E-state index in [1.165, 1.54) is 37.4 Å². The molecule has 0 amide bonds. The number of esters is 1. The number of carbonyl (C=O) groups excluding carboxylic acids is 1. The first-order valence-corrected chi connectivity index (χ1v) is 10.1. The molecule has 0 unspecified atom stereocenters. The van der Waals surface area contributed by atoms with Crippen molar-refractivity contribution in [1.29, 1.82) is 5.26 Å². The highest BCUT2D eigenvalue weighted by atomic mass is 32.2. The molecule has 3 rings (SSSR count). The van der Waals surface area contributed by atoms with E-state index >= 15 is 0 Å². The standard InChI is InChI=1S/C22H18N2O4S/c1-16-7-13-20(14-8-16)29(26,27)24(2)19-11-9-17(10-12-19)22(25)28-21-6-4-3-5-18(21)15-23/h3-14H,1-2H3. The molecule has 0 spiro atoms. The number of nitrogens with zero attached hydrogens (tertiary/aromatic N) is 2. The van der Waals surface area contributed by atoms with Gasteiger partial charge in [0, 0.05) is 7.05 Å². The second-order valence-electron chi connectivity index (χ2n) is 6.33. The highest BCUT2D eigenvalue weighted by molar-refractivity contribution is 7.92. The molecule has 3 aromatic carbocycles. The second-order valence-corrected chi connectivity index (χ2v) is 8.30. The molecule has 29 heavy (non-hydrogen) atoms. The van der Waals surface area contributed by atoms with E-state index in [9.17, 15) is 13.2 Å². The Labute approximate surface area is 169 Å². The van der Waals surface area contributed by atoms with Gasteiger partial charge < -0.3 is 4.74 Å². The van der Waals surface area contributed by atoms with Gasteiger partial charge in [-0.2, -0.15) is 5.26 Å². The molecule has 0 aromatic heterocycles. The van der Waals surface area contributed by atoms with Crippen molar-refractivity contribution < 1.29 is 17.9 Å². The fraction of sp³-hybridized carbons (Fsp3) is 0.0909. The molecule has 6 nitrogen and oxygen atoms in total. The van der Waals surface area contributed by atoms with Crippen LogP contribution in [0.4, 0.5) is 5.69 Å². The predicted molar refractivity (Wildman–Crippen MR) is 109 cm³/mol. The van der Waals surface area contributed by atoms with Crippen molar-refractivity contribution in [2.75, 3.05) is 11.4 Å². The summed E-state index contributed by atoms with van der Waals surface area (Å²) in [5.74, 6) is -0.466. The quantitative estimate of drug-likeness (QED) is 0.473. The molecule has 0 aliphatic heterocycles. The number of rotatable bonds is 5. The second kappa shape index (κ2) is 8.17. The zero-order valence-corrected chi connectivity index (χ0v) is 16.7. The Hall–Kier alpha value is -3.63. The number of anilines is 1. The molecule has 0 heterocycles. The van der Waals surface area contributed by atoms with Gasteiger partial charge >= 0.3 is 5.97 Å². The molecule has 3 aromatic rings. The number of hydrogen-bond donors (Lipinski definition) is 0. The Balaban J connectivity index is 1.80. The van der Waals surface area contributed by atoms with Crippen molar-refractivity contribution in [1.82, 2.24) is 0 Å². The Morgan fingerprint density at radius 3 is 2.21 bits per heavy atom. The smallest absolute Gasteiger partial charge is 0.343 e. The van der Waals surface area contributed by atoms with Gasteiger partial charge in [0.2, 0.25) is 0 Å². The number of nitriles is 1. The summed E-state index contributed by atoms with van der Waals surface area (Å²) in [7, 11) is -2.27. The van der Waals surface area contributed by atoms with Crippen molar-refractivity contribution in [2.45, 2.75) is 11.8 Å². The van der Waals surface area contributed by atoms with Gasteiger partial charge in [-0.3, -0.25) is 4.31 Å². The first-order chi connectivity index (χ1) is 13.8. The highest BCUT2D eigenvalue weighted by Gasteiger charge is 2.21. The van der Waals surface area contributed by atoms with Gasteiger partial charge in [-0.25, -0.2) is 13.2 Å². The fourth-order valence-corrected chi connectivity index (χ4v) is 3.82. The minimum Gasteiger partial charge on any atom is -0.422 e. The van der Waals surface area contributed by atoms with Gasteiger partial charge in [-0.05, 0) is 55.5 Å². The van der Waals surface area contributed by atoms with E-state index in [1.54, 1.807) is 42.5 Å². The fourth-order valence-electron chi connectivity index (χ4n) is 2.62. The van der Waals surface area contributed by atoms with Gasteiger partial charge in [0.15, 0.2) is 0 Å². The summed E-state index contributed by atoms with van der Waals surface area (Å²) in [6.45, 7) is 1.88. The maximum atomic E-state index is 12.8. The van der Waals surface area contributed by atoms with Crippen LogP contribution in [0.1, 0.15) is 21.5 Å². The molecule has 146 valence electrons. The van der Waals surface area contributed by atoms with Crippen LogP contribution in [-0.4, -0.2) is 21.4 Å². The van der Waals surface area contributed by atoms with Gasteiger partial charge in [0.1, 0.15) is 11.8 Å². The number of benzene rings is 3. The number of aryl methyl sites for hydroxylation is 1. The Bertz CT molecular complexity index is 1180. The van der Waals surface area contributed by atoms with Crippen LogP contribution in [0.3, 0.4) is 0 Å². The van der Waals surface area contributed by atoms with Crippen molar-refractivity contribution in [2.24, 2.45) is 0 Å². The minimum atomic E-state index is -3.72. The van der Waals surface area contributed by atoms with Crippen LogP contribution in [0.2, 0.25) is 0 Å². The predicted octanol–water partition coefficient (Wildman–Crippen LogP) is 3.91. The Morgan fingerprint density at radius 1 is 0.966 bits per heavy atom. The first kappa shape index (κ1) is 20.1. The van der Waals surface area contributed by atoms with Gasteiger partial charge in [0.25, 0.3) is 10.0 Å². The van der Waals surface area contributed by atoms with E-state index in [1.807, 2.05) is 13.0 Å². The zero-order chi connectivity index (χ0) is 21.0. The lowest BCUT2D eigenvalue weighted by Gasteiger charge is -2.20. The third-order valence-electron chi connectivity index (χ3n) is 4.36.